The van der Waals surface area contributed by atoms with E-state index in [1.807, 2.05) is 23.1 Å². The first-order valence-electron chi connectivity index (χ1n) is 15.6. The zero-order valence-electron chi connectivity index (χ0n) is 25.0. The maximum atomic E-state index is 13.1. The smallest absolute Gasteiger partial charge is 0.262 e. The summed E-state index contributed by atoms with van der Waals surface area (Å²) in [5, 5.41) is 10.3. The van der Waals surface area contributed by atoms with Crippen molar-refractivity contribution in [2.45, 2.75) is 37.8 Å². The molecule has 2 N–H and O–H groups in total. The molecule has 4 amide bonds. The Kier molecular flexibility index (Phi) is 6.97. The average Bonchev–Trinajstić information content (AvgIpc) is 3.63. The predicted octanol–water partition coefficient (Wildman–Crippen LogP) is 2.79. The van der Waals surface area contributed by atoms with Gasteiger partial charge in [-0.2, -0.15) is 5.10 Å². The van der Waals surface area contributed by atoms with Crippen LogP contribution in [0.25, 0.3) is 22.3 Å². The van der Waals surface area contributed by atoms with Crippen LogP contribution in [0.5, 0.6) is 0 Å². The van der Waals surface area contributed by atoms with Crippen molar-refractivity contribution in [2.24, 2.45) is 5.92 Å². The first-order valence-corrected chi connectivity index (χ1v) is 15.6. The van der Waals surface area contributed by atoms with Crippen molar-refractivity contribution < 1.29 is 23.9 Å². The number of imide groups is 2. The molecular formula is C33H32N8O5. The SMILES string of the molecule is O=C1CCC(N2C(=O)c3ccc(NC[C@H]4C[C@H](n5cc(-c6cnc7ccc(N8CCOCC8)cc7n6)cn5)C4)cc3C2=O)C(=O)N1. The van der Waals surface area contributed by atoms with Gasteiger partial charge in [-0.25, -0.2) is 4.98 Å². The number of fused-ring (bicyclic) bond motifs is 2. The summed E-state index contributed by atoms with van der Waals surface area (Å²) >= 11 is 0. The molecule has 0 radical (unpaired) electrons. The minimum Gasteiger partial charge on any atom is -0.385 e. The summed E-state index contributed by atoms with van der Waals surface area (Å²) in [7, 11) is 0. The fourth-order valence-corrected chi connectivity index (χ4v) is 6.75. The number of carbonyl (C=O) groups excluding carboxylic acids is 4. The lowest BCUT2D eigenvalue weighted by Crippen LogP contribution is -2.54. The number of nitrogens with zero attached hydrogens (tertiary/aromatic N) is 6. The molecule has 46 heavy (non-hydrogen) atoms. The molecule has 13 heteroatoms. The predicted molar refractivity (Wildman–Crippen MR) is 167 cm³/mol. The summed E-state index contributed by atoms with van der Waals surface area (Å²) in [5.74, 6) is -1.61. The number of amides is 4. The highest BCUT2D eigenvalue weighted by atomic mass is 16.5. The Bertz CT molecular complexity index is 1890. The van der Waals surface area contributed by atoms with E-state index < -0.39 is 29.7 Å². The van der Waals surface area contributed by atoms with Gasteiger partial charge in [-0.15, -0.1) is 0 Å². The number of carbonyl (C=O) groups is 4. The van der Waals surface area contributed by atoms with Crippen LogP contribution >= 0.6 is 0 Å². The Balaban J connectivity index is 0.880. The van der Waals surface area contributed by atoms with Gasteiger partial charge in [0.15, 0.2) is 0 Å². The number of ether oxygens (including phenoxy) is 1. The molecule has 1 saturated carbocycles. The van der Waals surface area contributed by atoms with Gasteiger partial charge in [0.25, 0.3) is 11.8 Å². The number of anilines is 2. The highest BCUT2D eigenvalue weighted by Gasteiger charge is 2.44. The van der Waals surface area contributed by atoms with E-state index in [0.29, 0.717) is 12.5 Å². The molecule has 1 aliphatic carbocycles. The standard InChI is InChI=1S/C33H32N8O5/c42-30-6-5-29(31(43)38-30)41-32(44)24-3-1-21(13-25(24)33(41)45)34-15-19-11-23(12-19)40-18-20(16-36-40)28-17-35-26-4-2-22(14-27(26)37-28)39-7-9-46-10-8-39/h1-4,13-14,16-19,23,29,34H,5-12,15H2,(H,38,42,43)/t19-,23-,29?. The van der Waals surface area contributed by atoms with Crippen molar-refractivity contribution in [2.75, 3.05) is 43.1 Å². The largest absolute Gasteiger partial charge is 0.385 e. The average molecular weight is 621 g/mol. The number of nitrogens with one attached hydrogen (secondary N) is 2. The first-order chi connectivity index (χ1) is 22.4. The van der Waals surface area contributed by atoms with Gasteiger partial charge < -0.3 is 15.0 Å². The molecule has 5 heterocycles. The van der Waals surface area contributed by atoms with Gasteiger partial charge in [0, 0.05) is 49.2 Å². The molecule has 0 bridgehead atoms. The molecule has 234 valence electrons. The summed E-state index contributed by atoms with van der Waals surface area (Å²) in [5.41, 5.74) is 5.82. The number of hydrogen-bond donors (Lipinski definition) is 2. The Morgan fingerprint density at radius 3 is 2.59 bits per heavy atom. The lowest BCUT2D eigenvalue weighted by atomic mass is 9.80. The van der Waals surface area contributed by atoms with Crippen LogP contribution in [0.3, 0.4) is 0 Å². The van der Waals surface area contributed by atoms with Crippen molar-refractivity contribution in [1.29, 1.82) is 0 Å². The van der Waals surface area contributed by atoms with Gasteiger partial charge in [-0.05, 0) is 61.6 Å². The van der Waals surface area contributed by atoms with Crippen LogP contribution in [0.2, 0.25) is 0 Å². The maximum absolute atomic E-state index is 13.1. The van der Waals surface area contributed by atoms with Crippen LogP contribution in [0.4, 0.5) is 11.4 Å². The minimum atomic E-state index is -0.974. The Morgan fingerprint density at radius 1 is 0.935 bits per heavy atom. The lowest BCUT2D eigenvalue weighted by Gasteiger charge is -2.35. The molecule has 1 unspecified atom stereocenters. The lowest BCUT2D eigenvalue weighted by molar-refractivity contribution is -0.136. The fourth-order valence-electron chi connectivity index (χ4n) is 6.75. The second-order valence-electron chi connectivity index (χ2n) is 12.3. The van der Waals surface area contributed by atoms with E-state index in [2.05, 4.69) is 37.7 Å². The molecule has 3 fully saturated rings. The Morgan fingerprint density at radius 2 is 1.76 bits per heavy atom. The first kappa shape index (κ1) is 28.3. The van der Waals surface area contributed by atoms with E-state index in [-0.39, 0.29) is 30.0 Å². The zero-order chi connectivity index (χ0) is 31.4. The quantitative estimate of drug-likeness (QED) is 0.295. The zero-order valence-corrected chi connectivity index (χ0v) is 25.0. The molecule has 1 atom stereocenters. The van der Waals surface area contributed by atoms with Gasteiger partial charge in [-0.1, -0.05) is 0 Å². The maximum Gasteiger partial charge on any atom is 0.262 e. The van der Waals surface area contributed by atoms with E-state index in [1.54, 1.807) is 24.4 Å². The van der Waals surface area contributed by atoms with Crippen LogP contribution in [0.15, 0.2) is 55.0 Å². The van der Waals surface area contributed by atoms with Crippen molar-refractivity contribution in [3.63, 3.8) is 0 Å². The van der Waals surface area contributed by atoms with Crippen LogP contribution in [-0.4, -0.2) is 87.2 Å². The monoisotopic (exact) mass is 620 g/mol. The van der Waals surface area contributed by atoms with E-state index in [1.165, 1.54) is 0 Å². The van der Waals surface area contributed by atoms with Crippen molar-refractivity contribution >= 4 is 46.0 Å². The van der Waals surface area contributed by atoms with Crippen LogP contribution in [-0.2, 0) is 14.3 Å². The number of rotatable bonds is 7. The van der Waals surface area contributed by atoms with E-state index >= 15 is 0 Å². The number of benzene rings is 2. The molecule has 2 aromatic heterocycles. The van der Waals surface area contributed by atoms with Crippen LogP contribution in [0, 0.1) is 5.92 Å². The van der Waals surface area contributed by atoms with Gasteiger partial charge in [0.2, 0.25) is 11.8 Å². The van der Waals surface area contributed by atoms with Crippen LogP contribution < -0.4 is 15.5 Å². The second-order valence-corrected chi connectivity index (χ2v) is 12.3. The Hall–Kier alpha value is -5.17. The van der Waals surface area contributed by atoms with Gasteiger partial charge >= 0.3 is 0 Å². The second kappa shape index (κ2) is 11.3. The number of hydrogen-bond acceptors (Lipinski definition) is 10. The number of piperidine rings is 1. The highest BCUT2D eigenvalue weighted by Crippen LogP contribution is 2.38. The summed E-state index contributed by atoms with van der Waals surface area (Å²) in [6, 6.07) is 10.6. The number of morpholine rings is 1. The molecule has 3 aliphatic heterocycles. The normalized spacial score (nSPS) is 23.0. The molecule has 4 aromatic rings. The van der Waals surface area contributed by atoms with Crippen LogP contribution in [0.1, 0.15) is 52.4 Å². The third-order valence-electron chi connectivity index (χ3n) is 9.42. The molecule has 0 spiro atoms. The third-order valence-corrected chi connectivity index (χ3v) is 9.42. The molecule has 2 saturated heterocycles. The molecule has 8 rings (SSSR count). The molecule has 2 aromatic carbocycles. The summed E-state index contributed by atoms with van der Waals surface area (Å²) in [4.78, 5) is 62.8. The van der Waals surface area contributed by atoms with Crippen molar-refractivity contribution in [3.05, 3.63) is 66.1 Å². The van der Waals surface area contributed by atoms with Crippen molar-refractivity contribution in [3.8, 4) is 11.3 Å². The summed E-state index contributed by atoms with van der Waals surface area (Å²) in [6.45, 7) is 3.89. The van der Waals surface area contributed by atoms with Crippen molar-refractivity contribution in [1.82, 2.24) is 30.0 Å². The van der Waals surface area contributed by atoms with E-state index in [0.717, 1.165) is 77.7 Å². The van der Waals surface area contributed by atoms with Gasteiger partial charge in [-0.3, -0.25) is 39.1 Å². The number of aromatic nitrogens is 4. The molecule has 4 aliphatic rings. The fraction of sp³-hybridized carbons (Fsp3) is 0.364. The summed E-state index contributed by atoms with van der Waals surface area (Å²) in [6.07, 6.45) is 7.80. The van der Waals surface area contributed by atoms with Gasteiger partial charge in [0.1, 0.15) is 6.04 Å². The minimum absolute atomic E-state index is 0.0902. The third kappa shape index (κ3) is 5.06. The van der Waals surface area contributed by atoms with E-state index in [9.17, 15) is 19.2 Å². The molecule has 13 nitrogen and oxygen atoms in total. The Labute approximate surface area is 263 Å². The van der Waals surface area contributed by atoms with Gasteiger partial charge in [0.05, 0.1) is 59.5 Å². The topological polar surface area (TPSA) is 152 Å². The highest BCUT2D eigenvalue weighted by molar-refractivity contribution is 6.23. The summed E-state index contributed by atoms with van der Waals surface area (Å²) < 4.78 is 7.49. The van der Waals surface area contributed by atoms with E-state index in [4.69, 9.17) is 9.72 Å². The molecular weight excluding hydrogens is 588 g/mol.